The Morgan fingerprint density at radius 1 is 1.03 bits per heavy atom. The van der Waals surface area contributed by atoms with Crippen molar-refractivity contribution in [3.05, 3.63) is 95.0 Å². The molecular formula is C26H27N5O5S. The third-order valence-electron chi connectivity index (χ3n) is 6.47. The molecule has 4 aromatic rings. The highest BCUT2D eigenvalue weighted by atomic mass is 32.2. The van der Waals surface area contributed by atoms with E-state index in [1.165, 1.54) is 23.0 Å². The molecule has 1 unspecified atom stereocenters. The Bertz CT molecular complexity index is 1560. The second kappa shape index (κ2) is 10.5. The van der Waals surface area contributed by atoms with Crippen molar-refractivity contribution >= 4 is 15.7 Å². The van der Waals surface area contributed by atoms with Crippen molar-refractivity contribution in [1.82, 2.24) is 25.0 Å². The molecule has 0 bridgehead atoms. The Morgan fingerprint density at radius 2 is 1.70 bits per heavy atom. The fourth-order valence-electron chi connectivity index (χ4n) is 3.90. The van der Waals surface area contributed by atoms with Crippen LogP contribution in [0.15, 0.2) is 83.9 Å². The first-order valence-electron chi connectivity index (χ1n) is 11.5. The Hall–Kier alpha value is -4.09. The molecule has 4 rings (SSSR count). The molecule has 0 aliphatic rings. The molecule has 37 heavy (non-hydrogen) atoms. The number of hydroxylamine groups is 1. The van der Waals surface area contributed by atoms with Gasteiger partial charge in [-0.05, 0) is 36.1 Å². The van der Waals surface area contributed by atoms with Crippen LogP contribution in [0.1, 0.15) is 18.9 Å². The average molecular weight is 522 g/mol. The summed E-state index contributed by atoms with van der Waals surface area (Å²) in [4.78, 5) is 24.7. The van der Waals surface area contributed by atoms with Crippen molar-refractivity contribution in [3.8, 4) is 22.4 Å². The lowest BCUT2D eigenvalue weighted by Gasteiger charge is -2.25. The first kappa shape index (κ1) is 26.0. The van der Waals surface area contributed by atoms with Gasteiger partial charge in [0.25, 0.3) is 11.5 Å². The van der Waals surface area contributed by atoms with E-state index in [0.717, 1.165) is 28.6 Å². The SMILES string of the molecule is CC(CCn1ccc(-c2ccc(-c3cn(Cc4ccccc4)nn3)cc2)cc1=O)(C(=O)NO)S(C)(=O)=O. The number of amides is 1. The van der Waals surface area contributed by atoms with Crippen LogP contribution in [-0.4, -0.2) is 50.1 Å². The van der Waals surface area contributed by atoms with E-state index < -0.39 is 20.5 Å². The number of hydrogen-bond acceptors (Lipinski definition) is 7. The smallest absolute Gasteiger partial charge is 0.264 e. The Balaban J connectivity index is 1.47. The van der Waals surface area contributed by atoms with Crippen molar-refractivity contribution in [2.24, 2.45) is 0 Å². The van der Waals surface area contributed by atoms with Crippen molar-refractivity contribution in [2.75, 3.05) is 6.26 Å². The Labute approximate surface area is 214 Å². The molecule has 192 valence electrons. The quantitative estimate of drug-likeness (QED) is 0.255. The molecule has 1 amide bonds. The van der Waals surface area contributed by atoms with Gasteiger partial charge in [0.15, 0.2) is 14.6 Å². The van der Waals surface area contributed by atoms with E-state index in [9.17, 15) is 18.0 Å². The molecular weight excluding hydrogens is 494 g/mol. The highest BCUT2D eigenvalue weighted by Crippen LogP contribution is 2.24. The second-order valence-electron chi connectivity index (χ2n) is 9.01. The summed E-state index contributed by atoms with van der Waals surface area (Å²) in [6, 6.07) is 20.8. The predicted molar refractivity (Wildman–Crippen MR) is 138 cm³/mol. The predicted octanol–water partition coefficient (Wildman–Crippen LogP) is 2.52. The summed E-state index contributed by atoms with van der Waals surface area (Å²) in [5, 5.41) is 17.4. The van der Waals surface area contributed by atoms with Crippen LogP contribution in [-0.2, 0) is 27.7 Å². The maximum atomic E-state index is 12.7. The molecule has 0 saturated heterocycles. The number of aromatic nitrogens is 4. The number of sulfone groups is 1. The first-order chi connectivity index (χ1) is 17.6. The molecule has 10 nitrogen and oxygen atoms in total. The number of benzene rings is 2. The maximum absolute atomic E-state index is 12.7. The summed E-state index contributed by atoms with van der Waals surface area (Å²) in [7, 11) is -3.85. The van der Waals surface area contributed by atoms with Gasteiger partial charge in [0.1, 0.15) is 5.69 Å². The molecule has 2 aromatic carbocycles. The standard InChI is InChI=1S/C26H27N5O5S/c1-26(25(33)28-34,37(2,35)36)13-15-30-14-12-22(16-24(30)32)20-8-10-21(11-9-20)23-18-31(29-27-23)17-19-6-4-3-5-7-19/h3-12,14,16,18,34H,13,15,17H2,1-2H3,(H,28,33). The van der Waals surface area contributed by atoms with Gasteiger partial charge < -0.3 is 4.57 Å². The van der Waals surface area contributed by atoms with Gasteiger partial charge in [0.2, 0.25) is 0 Å². The zero-order valence-corrected chi connectivity index (χ0v) is 21.2. The minimum absolute atomic E-state index is 0.0202. The molecule has 0 radical (unpaired) electrons. The van der Waals surface area contributed by atoms with Gasteiger partial charge >= 0.3 is 0 Å². The number of carbonyl (C=O) groups is 1. The molecule has 1 atom stereocenters. The number of rotatable bonds is 9. The van der Waals surface area contributed by atoms with E-state index in [0.29, 0.717) is 12.1 Å². The molecule has 0 spiro atoms. The van der Waals surface area contributed by atoms with E-state index in [4.69, 9.17) is 5.21 Å². The molecule has 0 aliphatic heterocycles. The van der Waals surface area contributed by atoms with Crippen molar-refractivity contribution in [3.63, 3.8) is 0 Å². The third-order valence-corrected chi connectivity index (χ3v) is 8.49. The number of pyridine rings is 1. The van der Waals surface area contributed by atoms with Crippen LogP contribution in [0.2, 0.25) is 0 Å². The Kier molecular flexibility index (Phi) is 7.37. The van der Waals surface area contributed by atoms with Crippen LogP contribution in [0.5, 0.6) is 0 Å². The molecule has 0 aliphatic carbocycles. The lowest BCUT2D eigenvalue weighted by molar-refractivity contribution is -0.131. The number of nitrogens with one attached hydrogen (secondary N) is 1. The van der Waals surface area contributed by atoms with E-state index in [2.05, 4.69) is 10.3 Å². The summed E-state index contributed by atoms with van der Waals surface area (Å²) in [5.74, 6) is -1.04. The first-order valence-corrected chi connectivity index (χ1v) is 13.4. The number of aryl methyl sites for hydroxylation is 1. The van der Waals surface area contributed by atoms with E-state index >= 15 is 0 Å². The lowest BCUT2D eigenvalue weighted by Crippen LogP contribution is -2.49. The molecule has 11 heteroatoms. The van der Waals surface area contributed by atoms with Crippen LogP contribution in [0, 0.1) is 0 Å². The van der Waals surface area contributed by atoms with E-state index in [-0.39, 0.29) is 18.5 Å². The lowest BCUT2D eigenvalue weighted by atomic mass is 10.0. The molecule has 0 saturated carbocycles. The van der Waals surface area contributed by atoms with Crippen LogP contribution in [0.25, 0.3) is 22.4 Å². The monoisotopic (exact) mass is 521 g/mol. The average Bonchev–Trinajstić information content (AvgIpc) is 3.35. The summed E-state index contributed by atoms with van der Waals surface area (Å²) in [6.45, 7) is 1.82. The second-order valence-corrected chi connectivity index (χ2v) is 11.5. The van der Waals surface area contributed by atoms with Gasteiger partial charge in [-0.25, -0.2) is 18.6 Å². The fourth-order valence-corrected chi connectivity index (χ4v) is 4.75. The van der Waals surface area contributed by atoms with Gasteiger partial charge in [0.05, 0.1) is 12.7 Å². The topological polar surface area (TPSA) is 136 Å². The fraction of sp³-hybridized carbons (Fsp3) is 0.231. The highest BCUT2D eigenvalue weighted by molar-refractivity contribution is 7.92. The summed E-state index contributed by atoms with van der Waals surface area (Å²) < 4.78 is 25.5. The molecule has 2 heterocycles. The van der Waals surface area contributed by atoms with Crippen molar-refractivity contribution in [1.29, 1.82) is 0 Å². The highest BCUT2D eigenvalue weighted by Gasteiger charge is 2.43. The Morgan fingerprint density at radius 3 is 2.32 bits per heavy atom. The molecule has 2 aromatic heterocycles. The molecule has 0 fully saturated rings. The van der Waals surface area contributed by atoms with Gasteiger partial charge in [-0.2, -0.15) is 0 Å². The number of nitrogens with zero attached hydrogens (tertiary/aromatic N) is 4. The summed E-state index contributed by atoms with van der Waals surface area (Å²) >= 11 is 0. The third kappa shape index (κ3) is 5.68. The zero-order chi connectivity index (χ0) is 26.6. The normalized spacial score (nSPS) is 13.2. The van der Waals surface area contributed by atoms with Crippen molar-refractivity contribution in [2.45, 2.75) is 31.2 Å². The number of carbonyl (C=O) groups excluding carboxylic acids is 1. The van der Waals surface area contributed by atoms with Gasteiger partial charge in [0, 0.05) is 30.6 Å². The minimum atomic E-state index is -3.85. The largest absolute Gasteiger partial charge is 0.315 e. The van der Waals surface area contributed by atoms with Crippen molar-refractivity contribution < 1.29 is 18.4 Å². The van der Waals surface area contributed by atoms with E-state index in [1.807, 2.05) is 60.8 Å². The molecule has 2 N–H and O–H groups in total. The minimum Gasteiger partial charge on any atom is -0.315 e. The van der Waals surface area contributed by atoms with Gasteiger partial charge in [-0.3, -0.25) is 14.8 Å². The van der Waals surface area contributed by atoms with E-state index in [1.54, 1.807) is 16.9 Å². The van der Waals surface area contributed by atoms with Gasteiger partial charge in [-0.15, -0.1) is 5.10 Å². The van der Waals surface area contributed by atoms with Gasteiger partial charge in [-0.1, -0.05) is 59.8 Å². The zero-order valence-electron chi connectivity index (χ0n) is 20.4. The van der Waals surface area contributed by atoms with Crippen LogP contribution in [0.4, 0.5) is 0 Å². The van der Waals surface area contributed by atoms with Crippen LogP contribution in [0.3, 0.4) is 0 Å². The number of hydrogen-bond donors (Lipinski definition) is 2. The van der Waals surface area contributed by atoms with Crippen LogP contribution >= 0.6 is 0 Å². The summed E-state index contributed by atoms with van der Waals surface area (Å²) in [5.41, 5.74) is 5.33. The van der Waals surface area contributed by atoms with Crippen LogP contribution < -0.4 is 11.0 Å². The maximum Gasteiger partial charge on any atom is 0.264 e. The summed E-state index contributed by atoms with van der Waals surface area (Å²) in [6.07, 6.45) is 4.17.